The fourth-order valence-corrected chi connectivity index (χ4v) is 2.43. The number of nitrogens with one attached hydrogen (secondary N) is 1. The highest BCUT2D eigenvalue weighted by atomic mass is 19.1. The monoisotopic (exact) mass is 364 g/mol. The molecule has 2 aromatic rings. The van der Waals surface area contributed by atoms with Gasteiger partial charge in [-0.2, -0.15) is 0 Å². The molecule has 0 bridgehead atoms. The lowest BCUT2D eigenvalue weighted by atomic mass is 10.1. The van der Waals surface area contributed by atoms with E-state index in [2.05, 4.69) is 5.32 Å². The van der Waals surface area contributed by atoms with Gasteiger partial charge in [0.15, 0.2) is 0 Å². The normalized spacial score (nSPS) is 12.0. The van der Waals surface area contributed by atoms with Gasteiger partial charge in [-0.25, -0.2) is 8.78 Å². The Balaban J connectivity index is 2.09. The summed E-state index contributed by atoms with van der Waals surface area (Å²) in [6, 6.07) is 8.19. The van der Waals surface area contributed by atoms with Crippen LogP contribution in [0.2, 0.25) is 0 Å². The molecule has 5 nitrogen and oxygen atoms in total. The Hall–Kier alpha value is -2.67. The molecule has 0 saturated heterocycles. The van der Waals surface area contributed by atoms with E-state index in [9.17, 15) is 13.6 Å². The lowest BCUT2D eigenvalue weighted by Gasteiger charge is -2.25. The van der Waals surface area contributed by atoms with Gasteiger partial charge in [-0.3, -0.25) is 9.69 Å². The molecule has 0 aliphatic carbocycles. The number of carbonyl (C=O) groups excluding carboxylic acids is 1. The molecule has 26 heavy (non-hydrogen) atoms. The van der Waals surface area contributed by atoms with Crippen molar-refractivity contribution in [3.63, 3.8) is 0 Å². The Labute approximate surface area is 151 Å². The molecule has 1 N–H and O–H groups in total. The Morgan fingerprint density at radius 3 is 2.38 bits per heavy atom. The number of methoxy groups -OCH3 is 2. The van der Waals surface area contributed by atoms with Crippen molar-refractivity contribution >= 4 is 11.6 Å². The number of benzene rings is 2. The number of ether oxygens (including phenoxy) is 2. The summed E-state index contributed by atoms with van der Waals surface area (Å²) >= 11 is 0. The maximum Gasteiger partial charge on any atom is 0.241 e. The SMILES string of the molecule is COc1ccc(CN(C)C(C)C(=O)Nc2c(F)cccc2F)c(OC)c1. The van der Waals surface area contributed by atoms with Crippen molar-refractivity contribution < 1.29 is 23.0 Å². The van der Waals surface area contributed by atoms with Crippen LogP contribution in [0.4, 0.5) is 14.5 Å². The molecule has 0 heterocycles. The van der Waals surface area contributed by atoms with E-state index >= 15 is 0 Å². The third kappa shape index (κ3) is 4.49. The Morgan fingerprint density at radius 2 is 1.81 bits per heavy atom. The average Bonchev–Trinajstić information content (AvgIpc) is 2.64. The van der Waals surface area contributed by atoms with Gasteiger partial charge in [0.25, 0.3) is 0 Å². The van der Waals surface area contributed by atoms with Crippen molar-refractivity contribution in [2.45, 2.75) is 19.5 Å². The van der Waals surface area contributed by atoms with E-state index in [1.807, 2.05) is 6.07 Å². The zero-order chi connectivity index (χ0) is 19.3. The molecule has 1 amide bonds. The van der Waals surface area contributed by atoms with Crippen LogP contribution in [0.1, 0.15) is 12.5 Å². The van der Waals surface area contributed by atoms with Gasteiger partial charge >= 0.3 is 0 Å². The first kappa shape index (κ1) is 19.7. The van der Waals surface area contributed by atoms with E-state index in [1.165, 1.54) is 6.07 Å². The lowest BCUT2D eigenvalue weighted by Crippen LogP contribution is -2.39. The molecule has 0 spiro atoms. The largest absolute Gasteiger partial charge is 0.497 e. The highest BCUT2D eigenvalue weighted by Crippen LogP contribution is 2.26. The fourth-order valence-electron chi connectivity index (χ4n) is 2.43. The van der Waals surface area contributed by atoms with Gasteiger partial charge in [-0.15, -0.1) is 0 Å². The second-order valence-corrected chi connectivity index (χ2v) is 5.85. The zero-order valence-electron chi connectivity index (χ0n) is 15.2. The van der Waals surface area contributed by atoms with Gasteiger partial charge in [0.1, 0.15) is 28.8 Å². The first-order valence-corrected chi connectivity index (χ1v) is 8.03. The minimum Gasteiger partial charge on any atom is -0.497 e. The number of hydrogen-bond acceptors (Lipinski definition) is 4. The summed E-state index contributed by atoms with van der Waals surface area (Å²) in [5.41, 5.74) is 0.410. The van der Waals surface area contributed by atoms with Crippen LogP contribution in [0.15, 0.2) is 36.4 Å². The molecule has 2 aromatic carbocycles. The highest BCUT2D eigenvalue weighted by molar-refractivity contribution is 5.94. The van der Waals surface area contributed by atoms with E-state index in [0.29, 0.717) is 18.0 Å². The number of halogens is 2. The Kier molecular flexibility index (Phi) is 6.52. The number of anilines is 1. The van der Waals surface area contributed by atoms with Gasteiger partial charge in [-0.1, -0.05) is 12.1 Å². The van der Waals surface area contributed by atoms with E-state index in [-0.39, 0.29) is 0 Å². The maximum absolute atomic E-state index is 13.7. The van der Waals surface area contributed by atoms with Gasteiger partial charge in [0, 0.05) is 18.2 Å². The Bertz CT molecular complexity index is 763. The molecule has 0 saturated carbocycles. The maximum atomic E-state index is 13.7. The van der Waals surface area contributed by atoms with Crippen molar-refractivity contribution in [3.8, 4) is 11.5 Å². The standard InChI is InChI=1S/C19H22F2N2O3/c1-12(19(24)22-18-15(20)6-5-7-16(18)21)23(2)11-13-8-9-14(25-3)10-17(13)26-4/h5-10,12H,11H2,1-4H3,(H,22,24). The van der Waals surface area contributed by atoms with Crippen LogP contribution in [-0.2, 0) is 11.3 Å². The predicted molar refractivity (Wildman–Crippen MR) is 95.5 cm³/mol. The molecule has 1 atom stereocenters. The molecule has 140 valence electrons. The van der Waals surface area contributed by atoms with Gasteiger partial charge in [-0.05, 0) is 32.2 Å². The molecular formula is C19H22F2N2O3. The smallest absolute Gasteiger partial charge is 0.241 e. The Morgan fingerprint density at radius 1 is 1.15 bits per heavy atom. The predicted octanol–water partition coefficient (Wildman–Crippen LogP) is 3.44. The molecule has 7 heteroatoms. The first-order valence-electron chi connectivity index (χ1n) is 8.03. The lowest BCUT2D eigenvalue weighted by molar-refractivity contribution is -0.120. The summed E-state index contributed by atoms with van der Waals surface area (Å²) in [4.78, 5) is 14.1. The van der Waals surface area contributed by atoms with Crippen LogP contribution in [-0.4, -0.2) is 38.1 Å². The molecule has 1 unspecified atom stereocenters. The van der Waals surface area contributed by atoms with Crippen molar-refractivity contribution in [1.82, 2.24) is 4.90 Å². The number of carbonyl (C=O) groups is 1. The summed E-state index contributed by atoms with van der Waals surface area (Å²) in [7, 11) is 4.86. The van der Waals surface area contributed by atoms with Crippen molar-refractivity contribution in [2.24, 2.45) is 0 Å². The molecule has 0 aliphatic heterocycles. The number of rotatable bonds is 7. The highest BCUT2D eigenvalue weighted by Gasteiger charge is 2.22. The van der Waals surface area contributed by atoms with E-state index in [4.69, 9.17) is 9.47 Å². The van der Waals surface area contributed by atoms with Crippen molar-refractivity contribution in [1.29, 1.82) is 0 Å². The zero-order valence-corrected chi connectivity index (χ0v) is 15.2. The molecule has 0 aromatic heterocycles. The minimum atomic E-state index is -0.815. The summed E-state index contributed by atoms with van der Waals surface area (Å²) in [6.45, 7) is 2.06. The number of nitrogens with zero attached hydrogens (tertiary/aromatic N) is 1. The van der Waals surface area contributed by atoms with Crippen LogP contribution in [0.3, 0.4) is 0 Å². The number of likely N-dealkylation sites (N-methyl/N-ethyl adjacent to an activating group) is 1. The quantitative estimate of drug-likeness (QED) is 0.818. The number of hydrogen-bond donors (Lipinski definition) is 1. The second kappa shape index (κ2) is 8.62. The first-order chi connectivity index (χ1) is 12.4. The van der Waals surface area contributed by atoms with Crippen molar-refractivity contribution in [2.75, 3.05) is 26.6 Å². The molecule has 0 radical (unpaired) electrons. The van der Waals surface area contributed by atoms with Gasteiger partial charge < -0.3 is 14.8 Å². The van der Waals surface area contributed by atoms with Crippen LogP contribution in [0, 0.1) is 11.6 Å². The van der Waals surface area contributed by atoms with Crippen molar-refractivity contribution in [3.05, 3.63) is 53.6 Å². The van der Waals surface area contributed by atoms with Gasteiger partial charge in [0.2, 0.25) is 5.91 Å². The average molecular weight is 364 g/mol. The van der Waals surface area contributed by atoms with E-state index < -0.39 is 29.3 Å². The minimum absolute atomic E-state index is 0.404. The molecule has 0 aliphatic rings. The summed E-state index contributed by atoms with van der Waals surface area (Å²) in [6.07, 6.45) is 0. The summed E-state index contributed by atoms with van der Waals surface area (Å²) in [5.74, 6) is -0.850. The van der Waals surface area contributed by atoms with Crippen LogP contribution in [0.25, 0.3) is 0 Å². The second-order valence-electron chi connectivity index (χ2n) is 5.85. The van der Waals surface area contributed by atoms with E-state index in [1.54, 1.807) is 45.2 Å². The summed E-state index contributed by atoms with van der Waals surface area (Å²) in [5, 5.41) is 2.31. The molecular weight excluding hydrogens is 342 g/mol. The van der Waals surface area contributed by atoms with E-state index in [0.717, 1.165) is 17.7 Å². The number of amides is 1. The third-order valence-electron chi connectivity index (χ3n) is 4.17. The van der Waals surface area contributed by atoms with Gasteiger partial charge in [0.05, 0.1) is 20.3 Å². The number of para-hydroxylation sites is 1. The van der Waals surface area contributed by atoms with Crippen LogP contribution < -0.4 is 14.8 Å². The van der Waals surface area contributed by atoms with Crippen LogP contribution in [0.5, 0.6) is 11.5 Å². The molecule has 2 rings (SSSR count). The topological polar surface area (TPSA) is 50.8 Å². The summed E-state index contributed by atoms with van der Waals surface area (Å²) < 4.78 is 37.9. The van der Waals surface area contributed by atoms with Crippen LogP contribution >= 0.6 is 0 Å². The fraction of sp³-hybridized carbons (Fsp3) is 0.316. The third-order valence-corrected chi connectivity index (χ3v) is 4.17. The molecule has 0 fully saturated rings.